The summed E-state index contributed by atoms with van der Waals surface area (Å²) in [5.41, 5.74) is 0. The highest BCUT2D eigenvalue weighted by atomic mass is 127. The fourth-order valence-electron chi connectivity index (χ4n) is 1.24. The van der Waals surface area contributed by atoms with Crippen molar-refractivity contribution in [2.24, 2.45) is 0 Å². The Labute approximate surface area is 90.1 Å². The number of hydrogen-bond acceptors (Lipinski definition) is 1. The van der Waals surface area contributed by atoms with E-state index >= 15 is 0 Å². The van der Waals surface area contributed by atoms with E-state index < -0.39 is 0 Å². The summed E-state index contributed by atoms with van der Waals surface area (Å²) in [5, 5.41) is 8.54. The van der Waals surface area contributed by atoms with Crippen LogP contribution < -0.4 is 0 Å². The normalized spacial score (nSPS) is 13.2. The second kappa shape index (κ2) is 9.78. The van der Waals surface area contributed by atoms with Crippen molar-refractivity contribution in [2.75, 3.05) is 6.61 Å². The Morgan fingerprint density at radius 1 is 1.00 bits per heavy atom. The van der Waals surface area contributed by atoms with Gasteiger partial charge in [0.2, 0.25) is 0 Å². The lowest BCUT2D eigenvalue weighted by Crippen LogP contribution is -1.89. The summed E-state index contributed by atoms with van der Waals surface area (Å²) in [4.78, 5) is 0. The molecule has 1 atom stereocenters. The quantitative estimate of drug-likeness (QED) is 0.410. The van der Waals surface area contributed by atoms with Crippen LogP contribution in [0.3, 0.4) is 0 Å². The van der Waals surface area contributed by atoms with E-state index in [2.05, 4.69) is 29.5 Å². The zero-order valence-corrected chi connectivity index (χ0v) is 10.2. The molecule has 12 heavy (non-hydrogen) atoms. The summed E-state index contributed by atoms with van der Waals surface area (Å²) in [6, 6.07) is 0. The van der Waals surface area contributed by atoms with E-state index in [4.69, 9.17) is 5.11 Å². The van der Waals surface area contributed by atoms with E-state index in [1.165, 1.54) is 38.5 Å². The number of alkyl halides is 1. The van der Waals surface area contributed by atoms with Gasteiger partial charge in [-0.25, -0.2) is 0 Å². The summed E-state index contributed by atoms with van der Waals surface area (Å²) >= 11 is 2.48. The van der Waals surface area contributed by atoms with E-state index in [-0.39, 0.29) is 0 Å². The predicted octanol–water partition coefficient (Wildman–Crippen LogP) is 3.53. The molecule has 0 aliphatic carbocycles. The van der Waals surface area contributed by atoms with Gasteiger partial charge in [-0.15, -0.1) is 0 Å². The molecule has 0 aromatic heterocycles. The summed E-state index contributed by atoms with van der Waals surface area (Å²) in [5.74, 6) is 0. The average Bonchev–Trinajstić information content (AvgIpc) is 2.02. The summed E-state index contributed by atoms with van der Waals surface area (Å²) in [7, 11) is 0. The second-order valence-electron chi connectivity index (χ2n) is 3.41. The lowest BCUT2D eigenvalue weighted by Gasteiger charge is -2.02. The SMILES string of the molecule is C[C@@H](I)CCCCCCCCO. The maximum absolute atomic E-state index is 8.54. The van der Waals surface area contributed by atoms with Gasteiger partial charge in [0.15, 0.2) is 0 Å². The van der Waals surface area contributed by atoms with Crippen LogP contribution in [0.15, 0.2) is 0 Å². The highest BCUT2D eigenvalue weighted by Crippen LogP contribution is 2.12. The van der Waals surface area contributed by atoms with Crippen molar-refractivity contribution in [1.82, 2.24) is 0 Å². The Bertz CT molecular complexity index is 83.9. The van der Waals surface area contributed by atoms with Crippen molar-refractivity contribution in [2.45, 2.75) is 55.8 Å². The molecule has 0 saturated carbocycles. The van der Waals surface area contributed by atoms with Gasteiger partial charge in [0.25, 0.3) is 0 Å². The first-order chi connectivity index (χ1) is 5.77. The van der Waals surface area contributed by atoms with Crippen molar-refractivity contribution < 1.29 is 5.11 Å². The minimum Gasteiger partial charge on any atom is -0.396 e. The Kier molecular flexibility index (Phi) is 10.3. The number of unbranched alkanes of at least 4 members (excludes halogenated alkanes) is 5. The van der Waals surface area contributed by atoms with Crippen molar-refractivity contribution in [1.29, 1.82) is 0 Å². The lowest BCUT2D eigenvalue weighted by molar-refractivity contribution is 0.282. The van der Waals surface area contributed by atoms with Crippen LogP contribution in [0.1, 0.15) is 51.9 Å². The molecular formula is C10H21IO. The molecule has 1 N–H and O–H groups in total. The van der Waals surface area contributed by atoms with Gasteiger partial charge in [-0.2, -0.15) is 0 Å². The van der Waals surface area contributed by atoms with Crippen LogP contribution >= 0.6 is 22.6 Å². The monoisotopic (exact) mass is 284 g/mol. The van der Waals surface area contributed by atoms with E-state index in [1.807, 2.05) is 0 Å². The number of aliphatic hydroxyl groups is 1. The van der Waals surface area contributed by atoms with Gasteiger partial charge >= 0.3 is 0 Å². The molecule has 0 aromatic carbocycles. The molecule has 0 bridgehead atoms. The molecule has 0 amide bonds. The van der Waals surface area contributed by atoms with Gasteiger partial charge in [0, 0.05) is 10.5 Å². The van der Waals surface area contributed by atoms with Gasteiger partial charge in [-0.1, -0.05) is 61.6 Å². The number of aliphatic hydroxyl groups excluding tert-OH is 1. The minimum absolute atomic E-state index is 0.366. The molecule has 0 unspecified atom stereocenters. The lowest BCUT2D eigenvalue weighted by atomic mass is 10.1. The van der Waals surface area contributed by atoms with E-state index in [9.17, 15) is 0 Å². The zero-order valence-electron chi connectivity index (χ0n) is 8.06. The van der Waals surface area contributed by atoms with Crippen LogP contribution in [0.5, 0.6) is 0 Å². The first-order valence-corrected chi connectivity index (χ1v) is 6.27. The van der Waals surface area contributed by atoms with Crippen molar-refractivity contribution in [3.63, 3.8) is 0 Å². The van der Waals surface area contributed by atoms with Gasteiger partial charge < -0.3 is 5.11 Å². The maximum Gasteiger partial charge on any atom is 0.0431 e. The smallest absolute Gasteiger partial charge is 0.0431 e. The second-order valence-corrected chi connectivity index (χ2v) is 5.54. The van der Waals surface area contributed by atoms with Crippen molar-refractivity contribution in [3.8, 4) is 0 Å². The topological polar surface area (TPSA) is 20.2 Å². The zero-order chi connectivity index (χ0) is 9.23. The third kappa shape index (κ3) is 10.7. The van der Waals surface area contributed by atoms with Crippen molar-refractivity contribution >= 4 is 22.6 Å². The van der Waals surface area contributed by atoms with Crippen LogP contribution in [0.4, 0.5) is 0 Å². The summed E-state index contributed by atoms with van der Waals surface area (Å²) < 4.78 is 0.833. The first-order valence-electron chi connectivity index (χ1n) is 5.02. The Balaban J connectivity index is 2.82. The molecule has 2 heteroatoms. The number of rotatable bonds is 8. The molecule has 74 valence electrons. The third-order valence-electron chi connectivity index (χ3n) is 2.01. The standard InChI is InChI=1S/C10H21IO/c1-10(11)8-6-4-2-3-5-7-9-12/h10,12H,2-9H2,1H3/t10-/m1/s1. The molecule has 0 aliphatic heterocycles. The van der Waals surface area contributed by atoms with Gasteiger partial charge in [0.1, 0.15) is 0 Å². The molecule has 0 heterocycles. The van der Waals surface area contributed by atoms with Gasteiger partial charge in [0.05, 0.1) is 0 Å². The molecular weight excluding hydrogens is 263 g/mol. The molecule has 0 radical (unpaired) electrons. The average molecular weight is 284 g/mol. The molecule has 0 aromatic rings. The Hall–Kier alpha value is 0.690. The van der Waals surface area contributed by atoms with Gasteiger partial charge in [-0.05, 0) is 12.8 Å². The number of halogens is 1. The van der Waals surface area contributed by atoms with E-state index in [0.29, 0.717) is 6.61 Å². The summed E-state index contributed by atoms with van der Waals surface area (Å²) in [6.45, 7) is 2.64. The highest BCUT2D eigenvalue weighted by Gasteiger charge is 1.95. The fourth-order valence-corrected chi connectivity index (χ4v) is 1.68. The van der Waals surface area contributed by atoms with Crippen LogP contribution in [0.2, 0.25) is 0 Å². The predicted molar refractivity (Wildman–Crippen MR) is 62.9 cm³/mol. The number of hydrogen-bond donors (Lipinski definition) is 1. The van der Waals surface area contributed by atoms with Crippen molar-refractivity contribution in [3.05, 3.63) is 0 Å². The third-order valence-corrected chi connectivity index (χ3v) is 2.63. The minimum atomic E-state index is 0.366. The molecule has 0 fully saturated rings. The summed E-state index contributed by atoms with van der Waals surface area (Å²) in [6.07, 6.45) is 8.96. The van der Waals surface area contributed by atoms with Gasteiger partial charge in [-0.3, -0.25) is 0 Å². The van der Waals surface area contributed by atoms with Crippen LogP contribution in [-0.2, 0) is 0 Å². The molecule has 0 rings (SSSR count). The molecule has 0 saturated heterocycles. The Morgan fingerprint density at radius 3 is 2.00 bits per heavy atom. The fraction of sp³-hybridized carbons (Fsp3) is 1.00. The first kappa shape index (κ1) is 12.7. The van der Waals surface area contributed by atoms with Crippen LogP contribution in [0, 0.1) is 0 Å². The van der Waals surface area contributed by atoms with E-state index in [0.717, 1.165) is 10.3 Å². The van der Waals surface area contributed by atoms with Crippen LogP contribution in [0.25, 0.3) is 0 Å². The highest BCUT2D eigenvalue weighted by molar-refractivity contribution is 14.1. The maximum atomic E-state index is 8.54. The molecule has 1 nitrogen and oxygen atoms in total. The van der Waals surface area contributed by atoms with Crippen LogP contribution in [-0.4, -0.2) is 15.6 Å². The Morgan fingerprint density at radius 2 is 1.50 bits per heavy atom. The van der Waals surface area contributed by atoms with E-state index in [1.54, 1.807) is 0 Å². The molecule has 0 spiro atoms. The molecule has 0 aliphatic rings. The largest absolute Gasteiger partial charge is 0.396 e.